The third-order valence-corrected chi connectivity index (χ3v) is 3.10. The quantitative estimate of drug-likeness (QED) is 0.724. The topological polar surface area (TPSA) is 79.9 Å². The maximum atomic E-state index is 11.3. The number of H-pyrrole nitrogens is 1. The minimum Gasteiger partial charge on any atom is -0.456 e. The number of nitrogens with one attached hydrogen (secondary N) is 2. The summed E-state index contributed by atoms with van der Waals surface area (Å²) < 4.78 is 5.79. The van der Waals surface area contributed by atoms with Gasteiger partial charge in [-0.3, -0.25) is 9.89 Å². The molecule has 0 bridgehead atoms. The average Bonchev–Trinajstić information content (AvgIpc) is 2.89. The SMILES string of the molecule is C=CC(=O)Nc1cccc(Oc2cnc3[nH]nc(C)c3c2)c1. The van der Waals surface area contributed by atoms with Crippen LogP contribution in [0.15, 0.2) is 49.2 Å². The van der Waals surface area contributed by atoms with Gasteiger partial charge in [0.25, 0.3) is 0 Å². The molecule has 2 aromatic heterocycles. The summed E-state index contributed by atoms with van der Waals surface area (Å²) in [6.45, 7) is 5.32. The van der Waals surface area contributed by atoms with Gasteiger partial charge < -0.3 is 10.1 Å². The van der Waals surface area contributed by atoms with Gasteiger partial charge in [0.15, 0.2) is 5.65 Å². The van der Waals surface area contributed by atoms with Crippen molar-refractivity contribution in [3.63, 3.8) is 0 Å². The number of aromatic nitrogens is 3. The molecule has 0 saturated carbocycles. The van der Waals surface area contributed by atoms with Gasteiger partial charge in [-0.2, -0.15) is 5.10 Å². The second-order valence-electron chi connectivity index (χ2n) is 4.70. The average molecular weight is 294 g/mol. The van der Waals surface area contributed by atoms with Crippen molar-refractivity contribution in [3.05, 3.63) is 54.9 Å². The number of benzene rings is 1. The van der Waals surface area contributed by atoms with Crippen molar-refractivity contribution in [1.82, 2.24) is 15.2 Å². The molecule has 0 unspecified atom stereocenters. The molecule has 3 aromatic rings. The number of hydrogen-bond acceptors (Lipinski definition) is 4. The van der Waals surface area contributed by atoms with E-state index in [9.17, 15) is 4.79 Å². The zero-order chi connectivity index (χ0) is 15.5. The summed E-state index contributed by atoms with van der Waals surface area (Å²) >= 11 is 0. The molecule has 0 atom stereocenters. The number of aromatic amines is 1. The lowest BCUT2D eigenvalue weighted by atomic mass is 10.2. The van der Waals surface area contributed by atoms with Crippen molar-refractivity contribution < 1.29 is 9.53 Å². The van der Waals surface area contributed by atoms with Crippen LogP contribution in [0.25, 0.3) is 11.0 Å². The van der Waals surface area contributed by atoms with Gasteiger partial charge in [-0.1, -0.05) is 12.6 Å². The van der Waals surface area contributed by atoms with E-state index in [4.69, 9.17) is 4.74 Å². The first-order valence-electron chi connectivity index (χ1n) is 6.68. The summed E-state index contributed by atoms with van der Waals surface area (Å²) in [6.07, 6.45) is 2.84. The standard InChI is InChI=1S/C16H14N4O2/c1-3-15(21)18-11-5-4-6-12(7-11)22-13-8-14-10(2)19-20-16(14)17-9-13/h3-9H,1H2,2H3,(H,18,21)(H,17,19,20). The van der Waals surface area contributed by atoms with Crippen molar-refractivity contribution in [2.75, 3.05) is 5.32 Å². The van der Waals surface area contributed by atoms with Gasteiger partial charge in [-0.25, -0.2) is 4.98 Å². The van der Waals surface area contributed by atoms with E-state index < -0.39 is 0 Å². The fraction of sp³-hybridized carbons (Fsp3) is 0.0625. The normalized spacial score (nSPS) is 10.4. The molecule has 6 heteroatoms. The molecule has 0 aliphatic rings. The first-order valence-corrected chi connectivity index (χ1v) is 6.68. The van der Waals surface area contributed by atoms with E-state index in [0.29, 0.717) is 17.2 Å². The zero-order valence-corrected chi connectivity index (χ0v) is 12.0. The van der Waals surface area contributed by atoms with Crippen LogP contribution in [0.2, 0.25) is 0 Å². The number of amides is 1. The van der Waals surface area contributed by atoms with E-state index >= 15 is 0 Å². The summed E-state index contributed by atoms with van der Waals surface area (Å²) in [5.74, 6) is 0.933. The predicted octanol–water partition coefficient (Wildman–Crippen LogP) is 3.18. The summed E-state index contributed by atoms with van der Waals surface area (Å²) in [5.41, 5.74) is 2.22. The molecule has 0 spiro atoms. The molecule has 6 nitrogen and oxygen atoms in total. The minimum absolute atomic E-state index is 0.269. The van der Waals surface area contributed by atoms with Crippen molar-refractivity contribution in [2.24, 2.45) is 0 Å². The molecule has 1 amide bonds. The van der Waals surface area contributed by atoms with Crippen LogP contribution in [0.5, 0.6) is 11.5 Å². The number of hydrogen-bond donors (Lipinski definition) is 2. The molecule has 1 aromatic carbocycles. The summed E-state index contributed by atoms with van der Waals surface area (Å²) in [5, 5.41) is 10.5. The summed E-state index contributed by atoms with van der Waals surface area (Å²) in [4.78, 5) is 15.6. The Hall–Kier alpha value is -3.15. The highest BCUT2D eigenvalue weighted by Crippen LogP contribution is 2.26. The lowest BCUT2D eigenvalue weighted by molar-refractivity contribution is -0.111. The Kier molecular flexibility index (Phi) is 3.57. The first kappa shape index (κ1) is 13.8. The first-order chi connectivity index (χ1) is 10.7. The van der Waals surface area contributed by atoms with Crippen molar-refractivity contribution in [2.45, 2.75) is 6.92 Å². The lowest BCUT2D eigenvalue weighted by Gasteiger charge is -2.08. The highest BCUT2D eigenvalue weighted by molar-refractivity contribution is 5.98. The second kappa shape index (κ2) is 5.69. The molecule has 2 N–H and O–H groups in total. The molecule has 22 heavy (non-hydrogen) atoms. The fourth-order valence-corrected chi connectivity index (χ4v) is 2.03. The number of aryl methyl sites for hydroxylation is 1. The van der Waals surface area contributed by atoms with Crippen LogP contribution in [0, 0.1) is 6.92 Å². The smallest absolute Gasteiger partial charge is 0.247 e. The molecule has 3 rings (SSSR count). The van der Waals surface area contributed by atoms with Crippen LogP contribution in [0.1, 0.15) is 5.69 Å². The van der Waals surface area contributed by atoms with Crippen LogP contribution in [-0.4, -0.2) is 21.1 Å². The van der Waals surface area contributed by atoms with Crippen LogP contribution < -0.4 is 10.1 Å². The number of carbonyl (C=O) groups excluding carboxylic acids is 1. The summed E-state index contributed by atoms with van der Waals surface area (Å²) in [7, 11) is 0. The zero-order valence-electron chi connectivity index (χ0n) is 12.0. The van der Waals surface area contributed by atoms with Crippen LogP contribution in [0.4, 0.5) is 5.69 Å². The van der Waals surface area contributed by atoms with Crippen molar-refractivity contribution in [3.8, 4) is 11.5 Å². The number of pyridine rings is 1. The van der Waals surface area contributed by atoms with Crippen LogP contribution in [-0.2, 0) is 4.79 Å². The Labute approximate surface area is 126 Å². The number of rotatable bonds is 4. The predicted molar refractivity (Wildman–Crippen MR) is 84.0 cm³/mol. The van der Waals surface area contributed by atoms with E-state index in [-0.39, 0.29) is 5.91 Å². The Morgan fingerprint density at radius 2 is 2.23 bits per heavy atom. The molecule has 0 radical (unpaired) electrons. The third kappa shape index (κ3) is 2.80. The number of ether oxygens (including phenoxy) is 1. The number of fused-ring (bicyclic) bond motifs is 1. The Morgan fingerprint density at radius 3 is 3.05 bits per heavy atom. The van der Waals surface area contributed by atoms with Gasteiger partial charge >= 0.3 is 0 Å². The van der Waals surface area contributed by atoms with Crippen LogP contribution >= 0.6 is 0 Å². The fourth-order valence-electron chi connectivity index (χ4n) is 2.03. The number of nitrogens with zero attached hydrogens (tertiary/aromatic N) is 2. The molecule has 2 heterocycles. The van der Waals surface area contributed by atoms with Gasteiger partial charge in [-0.15, -0.1) is 0 Å². The van der Waals surface area contributed by atoms with Gasteiger partial charge in [0.1, 0.15) is 11.5 Å². The maximum Gasteiger partial charge on any atom is 0.247 e. The molecule has 0 saturated heterocycles. The van der Waals surface area contributed by atoms with Gasteiger partial charge in [0.05, 0.1) is 11.9 Å². The maximum absolute atomic E-state index is 11.3. The molecular formula is C16H14N4O2. The monoisotopic (exact) mass is 294 g/mol. The van der Waals surface area contributed by atoms with Crippen LogP contribution in [0.3, 0.4) is 0 Å². The molecular weight excluding hydrogens is 280 g/mol. The Morgan fingerprint density at radius 1 is 1.36 bits per heavy atom. The highest BCUT2D eigenvalue weighted by atomic mass is 16.5. The van der Waals surface area contributed by atoms with Gasteiger partial charge in [0.2, 0.25) is 5.91 Å². The number of anilines is 1. The lowest BCUT2D eigenvalue weighted by Crippen LogP contribution is -2.06. The number of carbonyl (C=O) groups is 1. The molecule has 0 fully saturated rings. The van der Waals surface area contributed by atoms with E-state index in [2.05, 4.69) is 27.1 Å². The van der Waals surface area contributed by atoms with Gasteiger partial charge in [0, 0.05) is 17.1 Å². The van der Waals surface area contributed by atoms with Gasteiger partial charge in [-0.05, 0) is 31.2 Å². The largest absolute Gasteiger partial charge is 0.456 e. The van der Waals surface area contributed by atoms with E-state index in [1.165, 1.54) is 6.08 Å². The van der Waals surface area contributed by atoms with Crippen molar-refractivity contribution >= 4 is 22.6 Å². The Bertz CT molecular complexity index is 854. The summed E-state index contributed by atoms with van der Waals surface area (Å²) in [6, 6.07) is 8.97. The van der Waals surface area contributed by atoms with E-state index in [1.807, 2.05) is 13.0 Å². The second-order valence-corrected chi connectivity index (χ2v) is 4.70. The van der Waals surface area contributed by atoms with E-state index in [0.717, 1.165) is 16.7 Å². The highest BCUT2D eigenvalue weighted by Gasteiger charge is 2.06. The van der Waals surface area contributed by atoms with E-state index in [1.54, 1.807) is 30.5 Å². The Balaban J connectivity index is 1.84. The minimum atomic E-state index is -0.269. The third-order valence-electron chi connectivity index (χ3n) is 3.10. The molecule has 0 aliphatic heterocycles. The molecule has 0 aliphatic carbocycles. The van der Waals surface area contributed by atoms with Crippen molar-refractivity contribution in [1.29, 1.82) is 0 Å². The molecule has 110 valence electrons.